The zero-order chi connectivity index (χ0) is 13.1. The van der Waals surface area contributed by atoms with Crippen LogP contribution in [0, 0.1) is 0 Å². The third kappa shape index (κ3) is 3.15. The molecule has 0 saturated heterocycles. The van der Waals surface area contributed by atoms with Crippen molar-refractivity contribution in [1.82, 2.24) is 4.90 Å². The van der Waals surface area contributed by atoms with E-state index >= 15 is 0 Å². The van der Waals surface area contributed by atoms with Crippen LogP contribution in [0.2, 0.25) is 0 Å². The van der Waals surface area contributed by atoms with Gasteiger partial charge >= 0.3 is 0 Å². The van der Waals surface area contributed by atoms with E-state index in [1.54, 1.807) is 29.8 Å². The molecule has 0 unspecified atom stereocenters. The third-order valence-corrected chi connectivity index (χ3v) is 3.97. The van der Waals surface area contributed by atoms with E-state index in [0.717, 1.165) is 12.8 Å². The van der Waals surface area contributed by atoms with Gasteiger partial charge in [-0.2, -0.15) is 0 Å². The number of thiophene rings is 1. The molecule has 2 aromatic rings. The predicted octanol–water partition coefficient (Wildman–Crippen LogP) is 3.55. The monoisotopic (exact) mass is 273 g/mol. The first-order chi connectivity index (χ1) is 9.33. The predicted molar refractivity (Wildman–Crippen MR) is 75.6 cm³/mol. The summed E-state index contributed by atoms with van der Waals surface area (Å²) in [5, 5.41) is 2.05. The average molecular weight is 273 g/mol. The maximum absolute atomic E-state index is 12.2. The SMILES string of the molecule is O=C(/C=C\c1ccco1)N(Cc1cccs1)C1CC1. The molecule has 1 amide bonds. The Morgan fingerprint density at radius 1 is 1.42 bits per heavy atom. The van der Waals surface area contributed by atoms with Crippen LogP contribution in [0.4, 0.5) is 0 Å². The summed E-state index contributed by atoms with van der Waals surface area (Å²) < 4.78 is 5.19. The lowest BCUT2D eigenvalue weighted by Crippen LogP contribution is -2.30. The molecule has 0 bridgehead atoms. The highest BCUT2D eigenvalue weighted by atomic mass is 32.1. The average Bonchev–Trinajstić information content (AvgIpc) is 2.94. The fourth-order valence-corrected chi connectivity index (χ4v) is 2.68. The number of amides is 1. The van der Waals surface area contributed by atoms with Gasteiger partial charge in [0.25, 0.3) is 0 Å². The number of carbonyl (C=O) groups is 1. The van der Waals surface area contributed by atoms with Gasteiger partial charge in [0.05, 0.1) is 12.8 Å². The van der Waals surface area contributed by atoms with Gasteiger partial charge in [-0.25, -0.2) is 0 Å². The maximum atomic E-state index is 12.2. The molecule has 0 aromatic carbocycles. The fraction of sp³-hybridized carbons (Fsp3) is 0.267. The summed E-state index contributed by atoms with van der Waals surface area (Å²) in [6.07, 6.45) is 7.17. The van der Waals surface area contributed by atoms with Crippen LogP contribution < -0.4 is 0 Å². The molecule has 0 atom stereocenters. The first kappa shape index (κ1) is 12.2. The molecule has 1 saturated carbocycles. The number of hydrogen-bond donors (Lipinski definition) is 0. The molecule has 1 aliphatic carbocycles. The molecule has 2 heterocycles. The van der Waals surface area contributed by atoms with Crippen LogP contribution in [-0.4, -0.2) is 16.8 Å². The van der Waals surface area contributed by atoms with Gasteiger partial charge in [-0.05, 0) is 42.5 Å². The molecular weight excluding hydrogens is 258 g/mol. The molecule has 0 radical (unpaired) electrons. The summed E-state index contributed by atoms with van der Waals surface area (Å²) in [7, 11) is 0. The van der Waals surface area contributed by atoms with E-state index in [0.29, 0.717) is 18.3 Å². The van der Waals surface area contributed by atoms with Crippen LogP contribution in [0.25, 0.3) is 6.08 Å². The van der Waals surface area contributed by atoms with E-state index < -0.39 is 0 Å². The van der Waals surface area contributed by atoms with Crippen LogP contribution in [0.1, 0.15) is 23.5 Å². The molecule has 2 aromatic heterocycles. The quantitative estimate of drug-likeness (QED) is 0.781. The van der Waals surface area contributed by atoms with Crippen molar-refractivity contribution in [3.8, 4) is 0 Å². The van der Waals surface area contributed by atoms with E-state index in [1.165, 1.54) is 4.88 Å². The summed E-state index contributed by atoms with van der Waals surface area (Å²) in [6, 6.07) is 8.16. The van der Waals surface area contributed by atoms with Gasteiger partial charge in [-0.1, -0.05) is 6.07 Å². The van der Waals surface area contributed by atoms with Gasteiger partial charge in [-0.3, -0.25) is 4.79 Å². The summed E-state index contributed by atoms with van der Waals surface area (Å²) >= 11 is 1.69. The Balaban J connectivity index is 1.68. The smallest absolute Gasteiger partial charge is 0.247 e. The Morgan fingerprint density at radius 3 is 2.95 bits per heavy atom. The number of rotatable bonds is 5. The van der Waals surface area contributed by atoms with Crippen molar-refractivity contribution < 1.29 is 9.21 Å². The highest BCUT2D eigenvalue weighted by Gasteiger charge is 2.31. The molecule has 3 rings (SSSR count). The third-order valence-electron chi connectivity index (χ3n) is 3.11. The van der Waals surface area contributed by atoms with Crippen molar-refractivity contribution in [3.63, 3.8) is 0 Å². The summed E-state index contributed by atoms with van der Waals surface area (Å²) in [4.78, 5) is 15.4. The number of furan rings is 1. The topological polar surface area (TPSA) is 33.5 Å². The van der Waals surface area contributed by atoms with E-state index in [2.05, 4.69) is 6.07 Å². The van der Waals surface area contributed by atoms with Gasteiger partial charge < -0.3 is 9.32 Å². The summed E-state index contributed by atoms with van der Waals surface area (Å²) in [5.74, 6) is 0.771. The van der Waals surface area contributed by atoms with Crippen molar-refractivity contribution in [1.29, 1.82) is 0 Å². The zero-order valence-electron chi connectivity index (χ0n) is 10.5. The Morgan fingerprint density at radius 2 is 2.32 bits per heavy atom. The molecular formula is C15H15NO2S. The minimum Gasteiger partial charge on any atom is -0.465 e. The lowest BCUT2D eigenvalue weighted by molar-refractivity contribution is -0.127. The van der Waals surface area contributed by atoms with Gasteiger partial charge in [0, 0.05) is 17.0 Å². The molecule has 0 N–H and O–H groups in total. The minimum absolute atomic E-state index is 0.0623. The molecule has 19 heavy (non-hydrogen) atoms. The minimum atomic E-state index is 0.0623. The zero-order valence-corrected chi connectivity index (χ0v) is 11.3. The molecule has 0 spiro atoms. The number of hydrogen-bond acceptors (Lipinski definition) is 3. The van der Waals surface area contributed by atoms with E-state index in [4.69, 9.17) is 4.42 Å². The molecule has 4 heteroatoms. The highest BCUT2D eigenvalue weighted by Crippen LogP contribution is 2.29. The largest absolute Gasteiger partial charge is 0.465 e. The van der Waals surface area contributed by atoms with Crippen molar-refractivity contribution >= 4 is 23.3 Å². The number of carbonyl (C=O) groups excluding carboxylic acids is 1. The van der Waals surface area contributed by atoms with Gasteiger partial charge in [0.15, 0.2) is 0 Å². The van der Waals surface area contributed by atoms with Crippen LogP contribution in [0.15, 0.2) is 46.4 Å². The molecule has 0 aliphatic heterocycles. The lowest BCUT2D eigenvalue weighted by Gasteiger charge is -2.19. The van der Waals surface area contributed by atoms with Crippen LogP contribution in [0.3, 0.4) is 0 Å². The Bertz CT molecular complexity index is 553. The fourth-order valence-electron chi connectivity index (χ4n) is 1.98. The number of nitrogens with zero attached hydrogens (tertiary/aromatic N) is 1. The highest BCUT2D eigenvalue weighted by molar-refractivity contribution is 7.09. The van der Waals surface area contributed by atoms with Gasteiger partial charge in [-0.15, -0.1) is 11.3 Å². The molecule has 1 fully saturated rings. The second-order valence-corrected chi connectivity index (χ2v) is 5.66. The summed E-state index contributed by atoms with van der Waals surface area (Å²) in [6.45, 7) is 0.712. The maximum Gasteiger partial charge on any atom is 0.247 e. The van der Waals surface area contributed by atoms with Crippen molar-refractivity contribution in [3.05, 3.63) is 52.6 Å². The van der Waals surface area contributed by atoms with Crippen molar-refractivity contribution in [2.75, 3.05) is 0 Å². The Labute approximate surface area is 116 Å². The van der Waals surface area contributed by atoms with Crippen LogP contribution in [-0.2, 0) is 11.3 Å². The van der Waals surface area contributed by atoms with E-state index in [-0.39, 0.29) is 5.91 Å². The normalized spacial score (nSPS) is 14.9. The lowest BCUT2D eigenvalue weighted by atomic mass is 10.3. The van der Waals surface area contributed by atoms with E-state index in [1.807, 2.05) is 28.5 Å². The van der Waals surface area contributed by atoms with E-state index in [9.17, 15) is 4.79 Å². The molecule has 1 aliphatic rings. The summed E-state index contributed by atoms with van der Waals surface area (Å²) in [5.41, 5.74) is 0. The second kappa shape index (κ2) is 5.45. The van der Waals surface area contributed by atoms with Crippen LogP contribution in [0.5, 0.6) is 0 Å². The Hall–Kier alpha value is -1.81. The first-order valence-electron chi connectivity index (χ1n) is 6.37. The second-order valence-electron chi connectivity index (χ2n) is 4.63. The van der Waals surface area contributed by atoms with Crippen molar-refractivity contribution in [2.45, 2.75) is 25.4 Å². The molecule has 3 nitrogen and oxygen atoms in total. The van der Waals surface area contributed by atoms with Crippen molar-refractivity contribution in [2.24, 2.45) is 0 Å². The van der Waals surface area contributed by atoms with Gasteiger partial charge in [0.1, 0.15) is 5.76 Å². The van der Waals surface area contributed by atoms with Crippen LogP contribution >= 0.6 is 11.3 Å². The molecule has 98 valence electrons. The first-order valence-corrected chi connectivity index (χ1v) is 7.25. The standard InChI is InChI=1S/C15H15NO2S/c17-15(8-7-13-3-1-9-18-13)16(12-5-6-12)11-14-4-2-10-19-14/h1-4,7-10,12H,5-6,11H2/b8-7-. The van der Waals surface area contributed by atoms with Gasteiger partial charge in [0.2, 0.25) is 5.91 Å². The Kier molecular flexibility index (Phi) is 3.51.